The van der Waals surface area contributed by atoms with Gasteiger partial charge in [0.15, 0.2) is 0 Å². The van der Waals surface area contributed by atoms with Crippen LogP contribution in [0.5, 0.6) is 0 Å². The molecule has 0 unspecified atom stereocenters. The molecule has 0 aliphatic carbocycles. The fourth-order valence-corrected chi connectivity index (χ4v) is 5.95. The van der Waals surface area contributed by atoms with E-state index in [0.29, 0.717) is 36.4 Å². The third-order valence-electron chi connectivity index (χ3n) is 6.06. The van der Waals surface area contributed by atoms with E-state index in [1.807, 2.05) is 20.8 Å². The zero-order valence-corrected chi connectivity index (χ0v) is 23.0. The lowest BCUT2D eigenvalue weighted by Gasteiger charge is -2.38. The molecule has 3 N–H and O–H groups in total. The summed E-state index contributed by atoms with van der Waals surface area (Å²) in [5.74, 6) is -0.137. The Morgan fingerprint density at radius 1 is 1.08 bits per heavy atom. The van der Waals surface area contributed by atoms with Gasteiger partial charge in [-0.3, -0.25) is 4.79 Å². The number of rotatable bonds is 6. The molecule has 2 heterocycles. The number of dihydropyridines is 1. The van der Waals surface area contributed by atoms with Crippen molar-refractivity contribution in [3.8, 4) is 11.1 Å². The molecule has 4 rings (SSSR count). The van der Waals surface area contributed by atoms with Gasteiger partial charge in [0.2, 0.25) is 15.8 Å². The Hall–Kier alpha value is -3.14. The molecule has 1 fully saturated rings. The summed E-state index contributed by atoms with van der Waals surface area (Å²) in [5.41, 5.74) is 4.07. The van der Waals surface area contributed by atoms with E-state index in [4.69, 9.17) is 9.47 Å². The fraction of sp³-hybridized carbons (Fsp3) is 0.393. The Balaban J connectivity index is 1.50. The van der Waals surface area contributed by atoms with Crippen LogP contribution in [0.3, 0.4) is 0 Å². The largest absolute Gasteiger partial charge is 0.461 e. The number of allylic oxidation sites excluding steroid dienone is 1. The van der Waals surface area contributed by atoms with E-state index in [-0.39, 0.29) is 10.8 Å². The molecule has 2 aliphatic rings. The molecule has 2 aromatic carbocycles. The van der Waals surface area contributed by atoms with E-state index >= 15 is 0 Å². The first kappa shape index (κ1) is 26.9. The third kappa shape index (κ3) is 6.23. The van der Waals surface area contributed by atoms with Crippen molar-refractivity contribution < 1.29 is 22.7 Å². The first-order chi connectivity index (χ1) is 17.3. The van der Waals surface area contributed by atoms with Crippen LogP contribution in [0.4, 0.5) is 0 Å². The van der Waals surface area contributed by atoms with E-state index in [2.05, 4.69) is 15.4 Å². The highest BCUT2D eigenvalue weighted by molar-refractivity contribution is 7.89. The Morgan fingerprint density at radius 2 is 1.76 bits per heavy atom. The Bertz CT molecular complexity index is 1370. The number of hydrogen-bond donors (Lipinski definition) is 3. The monoisotopic (exact) mass is 525 g/mol. The maximum absolute atomic E-state index is 13.0. The van der Waals surface area contributed by atoms with Crippen molar-refractivity contribution in [2.24, 2.45) is 0 Å². The number of sulfonamides is 1. The highest BCUT2D eigenvalue weighted by Gasteiger charge is 2.34. The molecule has 0 bridgehead atoms. The molecule has 0 aromatic heterocycles. The van der Waals surface area contributed by atoms with E-state index in [9.17, 15) is 13.2 Å². The number of fused-ring (bicyclic) bond motifs is 1. The van der Waals surface area contributed by atoms with Crippen LogP contribution in [0, 0.1) is 0 Å². The van der Waals surface area contributed by atoms with Crippen LogP contribution >= 0.6 is 0 Å². The maximum Gasteiger partial charge on any atom is 0.251 e. The van der Waals surface area contributed by atoms with Gasteiger partial charge in [-0.05, 0) is 57.0 Å². The van der Waals surface area contributed by atoms with Crippen molar-refractivity contribution in [2.75, 3.05) is 19.7 Å². The van der Waals surface area contributed by atoms with Crippen LogP contribution in [-0.4, -0.2) is 45.3 Å². The van der Waals surface area contributed by atoms with Gasteiger partial charge in [-0.1, -0.05) is 30.3 Å². The predicted molar refractivity (Wildman–Crippen MR) is 143 cm³/mol. The minimum atomic E-state index is -3.73. The molecule has 37 heavy (non-hydrogen) atoms. The van der Waals surface area contributed by atoms with Crippen molar-refractivity contribution in [3.63, 3.8) is 0 Å². The first-order valence-electron chi connectivity index (χ1n) is 12.3. The lowest BCUT2D eigenvalue weighted by Crippen LogP contribution is -2.41. The van der Waals surface area contributed by atoms with Crippen molar-refractivity contribution in [3.05, 3.63) is 76.7 Å². The number of hydrogen-bond acceptors (Lipinski definition) is 6. The van der Waals surface area contributed by atoms with Crippen LogP contribution in [0.2, 0.25) is 0 Å². The molecule has 0 atom stereocenters. The average molecular weight is 526 g/mol. The van der Waals surface area contributed by atoms with E-state index in [0.717, 1.165) is 22.6 Å². The van der Waals surface area contributed by atoms with Crippen LogP contribution in [-0.2, 0) is 19.5 Å². The predicted octanol–water partition coefficient (Wildman–Crippen LogP) is 4.07. The normalized spacial score (nSPS) is 17.6. The number of carbonyl (C=O) groups excluding carboxylic acids is 1. The molecule has 8 nitrogen and oxygen atoms in total. The van der Waals surface area contributed by atoms with Gasteiger partial charge in [0.1, 0.15) is 5.76 Å². The quantitative estimate of drug-likeness (QED) is 0.525. The highest BCUT2D eigenvalue weighted by Crippen LogP contribution is 2.34. The van der Waals surface area contributed by atoms with Gasteiger partial charge < -0.3 is 20.1 Å². The molecule has 1 saturated heterocycles. The molecular weight excluding hydrogens is 490 g/mol. The topological polar surface area (TPSA) is 106 Å². The SMILES string of the molecule is CC1=C2OC(C)(C)OCC2=C(CNC(=O)c2ccc(-c3ccccc3S(=O)(=O)NC(C)(C)C)cc2)CN1. The number of ether oxygens (including phenoxy) is 2. The number of benzene rings is 2. The van der Waals surface area contributed by atoms with Gasteiger partial charge in [0, 0.05) is 49.2 Å². The summed E-state index contributed by atoms with van der Waals surface area (Å²) in [6, 6.07) is 13.8. The lowest BCUT2D eigenvalue weighted by atomic mass is 10.00. The minimum Gasteiger partial charge on any atom is -0.461 e. The van der Waals surface area contributed by atoms with Gasteiger partial charge in [-0.15, -0.1) is 0 Å². The fourth-order valence-electron chi connectivity index (χ4n) is 4.30. The molecule has 0 saturated carbocycles. The van der Waals surface area contributed by atoms with Gasteiger partial charge in [0.25, 0.3) is 5.91 Å². The van der Waals surface area contributed by atoms with Crippen molar-refractivity contribution >= 4 is 15.9 Å². The molecule has 2 aromatic rings. The lowest BCUT2D eigenvalue weighted by molar-refractivity contribution is -0.202. The summed E-state index contributed by atoms with van der Waals surface area (Å²) in [6.07, 6.45) is 0. The average Bonchev–Trinajstić information content (AvgIpc) is 2.82. The molecule has 198 valence electrons. The third-order valence-corrected chi connectivity index (χ3v) is 7.87. The summed E-state index contributed by atoms with van der Waals surface area (Å²) in [7, 11) is -3.73. The maximum atomic E-state index is 13.0. The van der Waals surface area contributed by atoms with Gasteiger partial charge in [0.05, 0.1) is 17.2 Å². The number of amides is 1. The van der Waals surface area contributed by atoms with Gasteiger partial charge in [-0.25, -0.2) is 13.1 Å². The number of nitrogens with one attached hydrogen (secondary N) is 3. The van der Waals surface area contributed by atoms with Crippen molar-refractivity contribution in [2.45, 2.75) is 57.8 Å². The summed E-state index contributed by atoms with van der Waals surface area (Å²) in [6.45, 7) is 12.5. The summed E-state index contributed by atoms with van der Waals surface area (Å²) in [4.78, 5) is 13.1. The summed E-state index contributed by atoms with van der Waals surface area (Å²) >= 11 is 0. The molecule has 9 heteroatoms. The van der Waals surface area contributed by atoms with Crippen LogP contribution in [0.15, 0.2) is 76.0 Å². The van der Waals surface area contributed by atoms with Crippen LogP contribution < -0.4 is 15.4 Å². The standard InChI is InChI=1S/C28H35N3O5S/c1-18-25-23(17-35-28(5,6)36-25)21(15-29-18)16-30-26(32)20-13-11-19(12-14-20)22-9-7-8-10-24(22)37(33,34)31-27(2,3)4/h7-14,29,31H,15-17H2,1-6H3,(H,30,32). The smallest absolute Gasteiger partial charge is 0.251 e. The highest BCUT2D eigenvalue weighted by atomic mass is 32.2. The minimum absolute atomic E-state index is 0.194. The van der Waals surface area contributed by atoms with Crippen molar-refractivity contribution in [1.82, 2.24) is 15.4 Å². The van der Waals surface area contributed by atoms with Crippen LogP contribution in [0.25, 0.3) is 11.1 Å². The van der Waals surface area contributed by atoms with Gasteiger partial charge >= 0.3 is 0 Å². The van der Waals surface area contributed by atoms with Crippen LogP contribution in [0.1, 0.15) is 51.9 Å². The summed E-state index contributed by atoms with van der Waals surface area (Å²) in [5, 5.41) is 6.31. The second-order valence-electron chi connectivity index (χ2n) is 10.8. The Labute approximate surface area is 219 Å². The van der Waals surface area contributed by atoms with Gasteiger partial charge in [-0.2, -0.15) is 0 Å². The zero-order chi connectivity index (χ0) is 27.0. The van der Waals surface area contributed by atoms with E-state index < -0.39 is 21.3 Å². The molecule has 1 amide bonds. The van der Waals surface area contributed by atoms with E-state index in [1.54, 1.807) is 69.3 Å². The zero-order valence-electron chi connectivity index (χ0n) is 22.2. The second kappa shape index (κ2) is 9.96. The molecule has 0 radical (unpaired) electrons. The summed E-state index contributed by atoms with van der Waals surface area (Å²) < 4.78 is 40.5. The molecule has 0 spiro atoms. The molecular formula is C28H35N3O5S. The number of carbonyl (C=O) groups is 1. The van der Waals surface area contributed by atoms with Crippen molar-refractivity contribution in [1.29, 1.82) is 0 Å². The molecule has 2 aliphatic heterocycles. The first-order valence-corrected chi connectivity index (χ1v) is 13.7. The Morgan fingerprint density at radius 3 is 2.43 bits per heavy atom. The Kier molecular flexibility index (Phi) is 7.25. The second-order valence-corrected chi connectivity index (χ2v) is 12.4. The van der Waals surface area contributed by atoms with E-state index in [1.165, 1.54) is 0 Å².